The highest BCUT2D eigenvalue weighted by atomic mass is 79.9. The zero-order chi connectivity index (χ0) is 16.9. The zero-order valence-corrected chi connectivity index (χ0v) is 15.3. The number of aromatic amines is 1. The Balaban J connectivity index is 1.57. The van der Waals surface area contributed by atoms with Crippen LogP contribution in [0.1, 0.15) is 11.4 Å². The molecule has 0 radical (unpaired) electrons. The Hall–Kier alpha value is -2.05. The predicted octanol–water partition coefficient (Wildman–Crippen LogP) is 3.67. The SMILES string of the molecule is COc1cc(CNCCc2nc3ccccc3[nH]2)cc(Br)c1OC. The number of hydrogen-bond acceptors (Lipinski definition) is 4. The molecule has 2 N–H and O–H groups in total. The zero-order valence-electron chi connectivity index (χ0n) is 13.7. The summed E-state index contributed by atoms with van der Waals surface area (Å²) in [5.74, 6) is 2.43. The standard InChI is InChI=1S/C18H20BrN3O2/c1-23-16-10-12(9-13(19)18(16)24-2)11-20-8-7-17-21-14-5-3-4-6-15(14)22-17/h3-6,9-10,20H,7-8,11H2,1-2H3,(H,21,22). The van der Waals surface area contributed by atoms with E-state index in [1.54, 1.807) is 14.2 Å². The van der Waals surface area contributed by atoms with Gasteiger partial charge in [-0.05, 0) is 45.8 Å². The largest absolute Gasteiger partial charge is 0.493 e. The Labute approximate surface area is 149 Å². The summed E-state index contributed by atoms with van der Waals surface area (Å²) >= 11 is 3.52. The number of fused-ring (bicyclic) bond motifs is 1. The first-order chi connectivity index (χ1) is 11.7. The Kier molecular flexibility index (Phi) is 5.37. The molecular formula is C18H20BrN3O2. The van der Waals surface area contributed by atoms with Crippen molar-refractivity contribution < 1.29 is 9.47 Å². The number of methoxy groups -OCH3 is 2. The van der Waals surface area contributed by atoms with Gasteiger partial charge in [0.2, 0.25) is 0 Å². The van der Waals surface area contributed by atoms with Gasteiger partial charge in [-0.3, -0.25) is 0 Å². The second kappa shape index (κ2) is 7.68. The Morgan fingerprint density at radius 1 is 1.17 bits per heavy atom. The molecule has 1 aromatic heterocycles. The van der Waals surface area contributed by atoms with Crippen LogP contribution in [0.2, 0.25) is 0 Å². The topological polar surface area (TPSA) is 59.2 Å². The third kappa shape index (κ3) is 3.71. The van der Waals surface area contributed by atoms with Crippen LogP contribution in [0.15, 0.2) is 40.9 Å². The first-order valence-electron chi connectivity index (χ1n) is 7.76. The number of benzene rings is 2. The van der Waals surface area contributed by atoms with Crippen LogP contribution in [0.4, 0.5) is 0 Å². The van der Waals surface area contributed by atoms with E-state index in [-0.39, 0.29) is 0 Å². The monoisotopic (exact) mass is 389 g/mol. The molecule has 0 aliphatic rings. The number of nitrogens with one attached hydrogen (secondary N) is 2. The Bertz CT molecular complexity index is 799. The molecular weight excluding hydrogens is 370 g/mol. The third-order valence-electron chi connectivity index (χ3n) is 3.80. The number of para-hydroxylation sites is 2. The van der Waals surface area contributed by atoms with Gasteiger partial charge in [-0.15, -0.1) is 0 Å². The summed E-state index contributed by atoms with van der Waals surface area (Å²) in [4.78, 5) is 7.92. The number of H-pyrrole nitrogens is 1. The molecule has 5 nitrogen and oxygen atoms in total. The minimum atomic E-state index is 0.712. The summed E-state index contributed by atoms with van der Waals surface area (Å²) in [6.07, 6.45) is 0.850. The van der Waals surface area contributed by atoms with Crippen molar-refractivity contribution in [2.75, 3.05) is 20.8 Å². The fourth-order valence-electron chi connectivity index (χ4n) is 2.64. The normalized spacial score (nSPS) is 11.0. The van der Waals surface area contributed by atoms with Crippen molar-refractivity contribution in [1.29, 1.82) is 0 Å². The minimum Gasteiger partial charge on any atom is -0.493 e. The minimum absolute atomic E-state index is 0.712. The van der Waals surface area contributed by atoms with E-state index in [4.69, 9.17) is 9.47 Å². The predicted molar refractivity (Wildman–Crippen MR) is 98.8 cm³/mol. The van der Waals surface area contributed by atoms with E-state index in [9.17, 15) is 0 Å². The smallest absolute Gasteiger partial charge is 0.174 e. The van der Waals surface area contributed by atoms with Gasteiger partial charge < -0.3 is 19.8 Å². The van der Waals surface area contributed by atoms with Gasteiger partial charge >= 0.3 is 0 Å². The quantitative estimate of drug-likeness (QED) is 0.605. The van der Waals surface area contributed by atoms with Crippen LogP contribution in [-0.4, -0.2) is 30.7 Å². The molecule has 0 bridgehead atoms. The van der Waals surface area contributed by atoms with E-state index in [0.717, 1.165) is 52.2 Å². The maximum atomic E-state index is 5.37. The average molecular weight is 390 g/mol. The van der Waals surface area contributed by atoms with Gasteiger partial charge in [0, 0.05) is 19.5 Å². The molecule has 24 heavy (non-hydrogen) atoms. The summed E-state index contributed by atoms with van der Waals surface area (Å²) < 4.78 is 11.6. The van der Waals surface area contributed by atoms with E-state index in [1.165, 1.54) is 0 Å². The number of rotatable bonds is 7. The van der Waals surface area contributed by atoms with Crippen LogP contribution >= 0.6 is 15.9 Å². The van der Waals surface area contributed by atoms with Gasteiger partial charge in [0.05, 0.1) is 29.7 Å². The number of hydrogen-bond donors (Lipinski definition) is 2. The van der Waals surface area contributed by atoms with Crippen LogP contribution in [0.25, 0.3) is 11.0 Å². The lowest BCUT2D eigenvalue weighted by molar-refractivity contribution is 0.352. The molecule has 0 saturated carbocycles. The first kappa shape index (κ1) is 16.8. The van der Waals surface area contributed by atoms with Crippen LogP contribution < -0.4 is 14.8 Å². The van der Waals surface area contributed by atoms with Crippen LogP contribution in [0.3, 0.4) is 0 Å². The molecule has 3 rings (SSSR count). The van der Waals surface area contributed by atoms with Gasteiger partial charge in [-0.25, -0.2) is 4.98 Å². The van der Waals surface area contributed by atoms with E-state index >= 15 is 0 Å². The maximum Gasteiger partial charge on any atom is 0.174 e. The molecule has 0 amide bonds. The van der Waals surface area contributed by atoms with E-state index in [0.29, 0.717) is 5.75 Å². The molecule has 0 spiro atoms. The van der Waals surface area contributed by atoms with Crippen LogP contribution in [-0.2, 0) is 13.0 Å². The second-order valence-electron chi connectivity index (χ2n) is 5.44. The number of imidazole rings is 1. The molecule has 0 saturated heterocycles. The maximum absolute atomic E-state index is 5.37. The lowest BCUT2D eigenvalue weighted by atomic mass is 10.2. The number of aromatic nitrogens is 2. The summed E-state index contributed by atoms with van der Waals surface area (Å²) in [5, 5.41) is 3.43. The molecule has 0 unspecified atom stereocenters. The molecule has 0 fully saturated rings. The van der Waals surface area contributed by atoms with Crippen LogP contribution in [0, 0.1) is 0 Å². The number of halogens is 1. The lowest BCUT2D eigenvalue weighted by Crippen LogP contribution is -2.17. The van der Waals surface area contributed by atoms with E-state index in [1.807, 2.05) is 36.4 Å². The van der Waals surface area contributed by atoms with Gasteiger partial charge in [0.15, 0.2) is 11.5 Å². The van der Waals surface area contributed by atoms with Crippen molar-refractivity contribution in [3.05, 3.63) is 52.3 Å². The molecule has 1 heterocycles. The molecule has 2 aromatic carbocycles. The average Bonchev–Trinajstić information content (AvgIpc) is 3.01. The number of nitrogens with zero attached hydrogens (tertiary/aromatic N) is 1. The molecule has 0 atom stereocenters. The fraction of sp³-hybridized carbons (Fsp3) is 0.278. The molecule has 0 aliphatic heterocycles. The van der Waals surface area contributed by atoms with E-state index < -0.39 is 0 Å². The van der Waals surface area contributed by atoms with Crippen molar-refractivity contribution in [1.82, 2.24) is 15.3 Å². The molecule has 3 aromatic rings. The van der Waals surface area contributed by atoms with Gasteiger partial charge in [-0.1, -0.05) is 12.1 Å². The van der Waals surface area contributed by atoms with Crippen molar-refractivity contribution in [2.24, 2.45) is 0 Å². The van der Waals surface area contributed by atoms with Crippen LogP contribution in [0.5, 0.6) is 11.5 Å². The Morgan fingerprint density at radius 2 is 2.00 bits per heavy atom. The summed E-state index contributed by atoms with van der Waals surface area (Å²) in [7, 11) is 3.27. The van der Waals surface area contributed by atoms with Gasteiger partial charge in [0.1, 0.15) is 5.82 Å². The van der Waals surface area contributed by atoms with Crippen molar-refractivity contribution >= 4 is 27.0 Å². The van der Waals surface area contributed by atoms with Crippen molar-refractivity contribution in [2.45, 2.75) is 13.0 Å². The highest BCUT2D eigenvalue weighted by Gasteiger charge is 2.10. The number of ether oxygens (including phenoxy) is 2. The molecule has 6 heteroatoms. The molecule has 0 aliphatic carbocycles. The van der Waals surface area contributed by atoms with Crippen molar-refractivity contribution in [3.8, 4) is 11.5 Å². The lowest BCUT2D eigenvalue weighted by Gasteiger charge is -2.12. The van der Waals surface area contributed by atoms with Gasteiger partial charge in [0.25, 0.3) is 0 Å². The molecule has 126 valence electrons. The summed E-state index contributed by atoms with van der Waals surface area (Å²) in [5.41, 5.74) is 3.22. The van der Waals surface area contributed by atoms with E-state index in [2.05, 4.69) is 31.2 Å². The fourth-order valence-corrected chi connectivity index (χ4v) is 3.29. The highest BCUT2D eigenvalue weighted by Crippen LogP contribution is 2.36. The third-order valence-corrected chi connectivity index (χ3v) is 4.39. The highest BCUT2D eigenvalue weighted by molar-refractivity contribution is 9.10. The summed E-state index contributed by atoms with van der Waals surface area (Å²) in [6.45, 7) is 1.59. The van der Waals surface area contributed by atoms with Gasteiger partial charge in [-0.2, -0.15) is 0 Å². The summed E-state index contributed by atoms with van der Waals surface area (Å²) in [6, 6.07) is 12.1. The Morgan fingerprint density at radius 3 is 2.75 bits per heavy atom. The second-order valence-corrected chi connectivity index (χ2v) is 6.29. The first-order valence-corrected chi connectivity index (χ1v) is 8.55. The van der Waals surface area contributed by atoms with Crippen molar-refractivity contribution in [3.63, 3.8) is 0 Å².